The number of aromatic nitrogens is 1. The fourth-order valence-electron chi connectivity index (χ4n) is 1.73. The molecule has 18 heavy (non-hydrogen) atoms. The fraction of sp³-hybridized carbons (Fsp3) is 0.133. The van der Waals surface area contributed by atoms with E-state index in [0.717, 1.165) is 16.5 Å². The Morgan fingerprint density at radius 1 is 1.39 bits per heavy atom. The van der Waals surface area contributed by atoms with Gasteiger partial charge >= 0.3 is 0 Å². The van der Waals surface area contributed by atoms with E-state index in [4.69, 9.17) is 9.15 Å². The summed E-state index contributed by atoms with van der Waals surface area (Å²) >= 11 is 0. The normalized spacial score (nSPS) is 11.6. The Bertz CT molecular complexity index is 683. The molecule has 92 valence electrons. The average Bonchev–Trinajstić information content (AvgIpc) is 2.73. The zero-order valence-corrected chi connectivity index (χ0v) is 10.6. The first-order valence-electron chi connectivity index (χ1n) is 5.59. The second kappa shape index (κ2) is 4.92. The molecule has 2 heterocycles. The van der Waals surface area contributed by atoms with E-state index < -0.39 is 0 Å². The molecular formula is C15H15NO2. The number of methoxy groups -OCH3 is 1. The van der Waals surface area contributed by atoms with Crippen LogP contribution in [0.3, 0.4) is 0 Å². The number of allylic oxidation sites excluding steroid dienone is 1. The van der Waals surface area contributed by atoms with Crippen LogP contribution in [0.4, 0.5) is 0 Å². The van der Waals surface area contributed by atoms with Crippen molar-refractivity contribution in [1.29, 1.82) is 0 Å². The third-order valence-electron chi connectivity index (χ3n) is 2.64. The third-order valence-corrected chi connectivity index (χ3v) is 2.64. The largest absolute Gasteiger partial charge is 0.468 e. The highest BCUT2D eigenvalue weighted by Crippen LogP contribution is 2.28. The average molecular weight is 241 g/mol. The first-order valence-corrected chi connectivity index (χ1v) is 5.59. The van der Waals surface area contributed by atoms with Gasteiger partial charge in [-0.2, -0.15) is 0 Å². The van der Waals surface area contributed by atoms with E-state index in [2.05, 4.69) is 18.1 Å². The molecule has 2 aromatic rings. The molecule has 0 aromatic carbocycles. The van der Waals surface area contributed by atoms with Crippen molar-refractivity contribution in [2.45, 2.75) is 6.92 Å². The molecule has 0 aliphatic heterocycles. The van der Waals surface area contributed by atoms with E-state index in [9.17, 15) is 0 Å². The topological polar surface area (TPSA) is 35.3 Å². The number of nitrogens with zero attached hydrogens (tertiary/aromatic N) is 1. The standard InChI is InChI=1S/C15H15NO2/c1-5-6-12-7-8-13(16-11(12)3)15-10(2)9-14(17-4)18-15/h5-9H,1,3H2,2,4H3/b12-6-. The van der Waals surface area contributed by atoms with Crippen molar-refractivity contribution in [2.75, 3.05) is 7.11 Å². The van der Waals surface area contributed by atoms with Gasteiger partial charge in [0.15, 0.2) is 5.76 Å². The summed E-state index contributed by atoms with van der Waals surface area (Å²) in [5.41, 5.74) is 1.74. The predicted molar refractivity (Wildman–Crippen MR) is 72.7 cm³/mol. The van der Waals surface area contributed by atoms with Crippen molar-refractivity contribution >= 4 is 12.7 Å². The zero-order chi connectivity index (χ0) is 13.1. The van der Waals surface area contributed by atoms with E-state index in [1.807, 2.05) is 31.2 Å². The molecule has 3 heteroatoms. The summed E-state index contributed by atoms with van der Waals surface area (Å²) in [5, 5.41) is 1.65. The van der Waals surface area contributed by atoms with E-state index in [0.29, 0.717) is 17.1 Å². The van der Waals surface area contributed by atoms with Gasteiger partial charge in [0.2, 0.25) is 0 Å². The van der Waals surface area contributed by atoms with E-state index in [1.54, 1.807) is 13.2 Å². The van der Waals surface area contributed by atoms with Gasteiger partial charge in [-0.15, -0.1) is 0 Å². The lowest BCUT2D eigenvalue weighted by molar-refractivity contribution is 0.308. The van der Waals surface area contributed by atoms with E-state index >= 15 is 0 Å². The summed E-state index contributed by atoms with van der Waals surface area (Å²) in [4.78, 5) is 4.43. The minimum Gasteiger partial charge on any atom is -0.468 e. The molecule has 3 nitrogen and oxygen atoms in total. The van der Waals surface area contributed by atoms with Crippen molar-refractivity contribution in [3.8, 4) is 17.4 Å². The molecular weight excluding hydrogens is 226 g/mol. The van der Waals surface area contributed by atoms with Crippen LogP contribution in [0.15, 0.2) is 35.3 Å². The first-order chi connectivity index (χ1) is 8.65. The molecule has 0 atom stereocenters. The summed E-state index contributed by atoms with van der Waals surface area (Å²) in [6, 6.07) is 5.68. The molecule has 2 aromatic heterocycles. The minimum absolute atomic E-state index is 0.483. The molecule has 0 bridgehead atoms. The van der Waals surface area contributed by atoms with Gasteiger partial charge in [-0.3, -0.25) is 0 Å². The maximum atomic E-state index is 5.56. The Kier molecular flexibility index (Phi) is 3.33. The number of rotatable bonds is 3. The van der Waals surface area contributed by atoms with Crippen LogP contribution in [0.25, 0.3) is 24.1 Å². The van der Waals surface area contributed by atoms with Crippen LogP contribution < -0.4 is 15.3 Å². The molecule has 2 rings (SSSR count). The van der Waals surface area contributed by atoms with Crippen molar-refractivity contribution in [2.24, 2.45) is 0 Å². The van der Waals surface area contributed by atoms with Gasteiger partial charge in [0.05, 0.1) is 12.5 Å². The maximum absolute atomic E-state index is 5.56. The van der Waals surface area contributed by atoms with Crippen LogP contribution in [0.1, 0.15) is 5.56 Å². The number of ether oxygens (including phenoxy) is 1. The van der Waals surface area contributed by atoms with Crippen LogP contribution >= 0.6 is 0 Å². The molecule has 0 spiro atoms. The van der Waals surface area contributed by atoms with Crippen LogP contribution in [0.5, 0.6) is 5.95 Å². The number of furan rings is 1. The predicted octanol–water partition coefficient (Wildman–Crippen LogP) is 2.04. The molecule has 0 N–H and O–H groups in total. The third kappa shape index (κ3) is 2.20. The zero-order valence-electron chi connectivity index (χ0n) is 10.6. The second-order valence-corrected chi connectivity index (χ2v) is 3.92. The highest BCUT2D eigenvalue weighted by Gasteiger charge is 2.11. The molecule has 0 radical (unpaired) electrons. The molecule has 0 amide bonds. The summed E-state index contributed by atoms with van der Waals surface area (Å²) in [6.45, 7) is 9.53. The van der Waals surface area contributed by atoms with E-state index in [1.165, 1.54) is 0 Å². The quantitative estimate of drug-likeness (QED) is 0.824. The maximum Gasteiger partial charge on any atom is 0.284 e. The SMILES string of the molecule is C=C/C=c1/ccc(-c2oc(OC)cc2C)nc1=C. The molecule has 0 aliphatic rings. The van der Waals surface area contributed by atoms with Gasteiger partial charge < -0.3 is 9.15 Å². The van der Waals surface area contributed by atoms with Crippen molar-refractivity contribution < 1.29 is 9.15 Å². The number of hydrogen-bond donors (Lipinski definition) is 0. The minimum atomic E-state index is 0.483. The number of aryl methyl sites for hydroxylation is 1. The number of hydrogen-bond acceptors (Lipinski definition) is 3. The van der Waals surface area contributed by atoms with E-state index in [-0.39, 0.29) is 0 Å². The Morgan fingerprint density at radius 2 is 2.17 bits per heavy atom. The van der Waals surface area contributed by atoms with Gasteiger partial charge in [0.1, 0.15) is 5.69 Å². The highest BCUT2D eigenvalue weighted by molar-refractivity contribution is 5.58. The lowest BCUT2D eigenvalue weighted by atomic mass is 10.2. The summed E-state index contributed by atoms with van der Waals surface area (Å²) in [6.07, 6.45) is 3.58. The highest BCUT2D eigenvalue weighted by atomic mass is 16.6. The van der Waals surface area contributed by atoms with Crippen molar-refractivity contribution in [1.82, 2.24) is 4.98 Å². The Hall–Kier alpha value is -2.29. The summed E-state index contributed by atoms with van der Waals surface area (Å²) in [7, 11) is 1.57. The Labute approximate surface area is 106 Å². The van der Waals surface area contributed by atoms with Gasteiger partial charge in [-0.05, 0) is 18.2 Å². The monoisotopic (exact) mass is 241 g/mol. The fourth-order valence-corrected chi connectivity index (χ4v) is 1.73. The second-order valence-electron chi connectivity index (χ2n) is 3.92. The van der Waals surface area contributed by atoms with Crippen LogP contribution in [-0.4, -0.2) is 12.1 Å². The smallest absolute Gasteiger partial charge is 0.284 e. The summed E-state index contributed by atoms with van der Waals surface area (Å²) < 4.78 is 10.6. The molecule has 0 fully saturated rings. The number of pyridine rings is 1. The lowest BCUT2D eigenvalue weighted by Gasteiger charge is -1.98. The van der Waals surface area contributed by atoms with Gasteiger partial charge in [0.25, 0.3) is 5.95 Å². The van der Waals surface area contributed by atoms with Crippen LogP contribution in [-0.2, 0) is 0 Å². The molecule has 0 saturated heterocycles. The Morgan fingerprint density at radius 3 is 2.72 bits per heavy atom. The van der Waals surface area contributed by atoms with Crippen LogP contribution in [0.2, 0.25) is 0 Å². The van der Waals surface area contributed by atoms with Gasteiger partial charge in [-0.25, -0.2) is 4.98 Å². The molecule has 0 unspecified atom stereocenters. The molecule has 0 saturated carbocycles. The van der Waals surface area contributed by atoms with Gasteiger partial charge in [-0.1, -0.05) is 31.4 Å². The van der Waals surface area contributed by atoms with Gasteiger partial charge in [0, 0.05) is 11.6 Å². The summed E-state index contributed by atoms with van der Waals surface area (Å²) in [5.74, 6) is 1.19. The Balaban J connectivity index is 2.55. The first kappa shape index (κ1) is 12.2. The lowest BCUT2D eigenvalue weighted by Crippen LogP contribution is -2.26. The van der Waals surface area contributed by atoms with Crippen LogP contribution in [0, 0.1) is 6.92 Å². The van der Waals surface area contributed by atoms with Crippen molar-refractivity contribution in [3.63, 3.8) is 0 Å². The van der Waals surface area contributed by atoms with Crippen molar-refractivity contribution in [3.05, 3.63) is 47.0 Å². The molecule has 0 aliphatic carbocycles.